The molecule has 2 bridgehead atoms. The standard InChI is InChI=1S/C33H42N2O4S/c1-6-31(4)18-26(32(5)20(2)13-15-33(21(3)29(31)38)16-14-25(36)28(32)33)39-27(37)19-34-30(40)35-24-12-11-22-9-7-8-10-23(22)17-24/h6-12,17,20-21,26,28-29,38H,1,13-16,18-19H2,2-5H3,(H2,34,35,40)/t20-,21+,26-,28+,29+,31-,32+,33+/m1/s1. The molecule has 0 amide bonds. The predicted molar refractivity (Wildman–Crippen MR) is 163 cm³/mol. The van der Waals surface area contributed by atoms with Crippen LogP contribution in [0.1, 0.15) is 59.8 Å². The number of rotatable bonds is 5. The molecule has 3 N–H and O–H groups in total. The van der Waals surface area contributed by atoms with Crippen molar-refractivity contribution in [3.8, 4) is 0 Å². The predicted octanol–water partition coefficient (Wildman–Crippen LogP) is 6.03. The Morgan fingerprint density at radius 3 is 2.62 bits per heavy atom. The lowest BCUT2D eigenvalue weighted by Gasteiger charge is -2.61. The molecule has 3 aliphatic carbocycles. The Balaban J connectivity index is 1.35. The van der Waals surface area contributed by atoms with Gasteiger partial charge in [0.25, 0.3) is 0 Å². The highest BCUT2D eigenvalue weighted by Gasteiger charge is 2.68. The van der Waals surface area contributed by atoms with Gasteiger partial charge in [-0.3, -0.25) is 9.59 Å². The largest absolute Gasteiger partial charge is 0.460 e. The van der Waals surface area contributed by atoms with E-state index in [2.05, 4.69) is 44.1 Å². The van der Waals surface area contributed by atoms with Gasteiger partial charge in [0, 0.05) is 28.9 Å². The van der Waals surface area contributed by atoms with Crippen molar-refractivity contribution in [1.29, 1.82) is 0 Å². The second-order valence-electron chi connectivity index (χ2n) is 12.9. The van der Waals surface area contributed by atoms with Crippen molar-refractivity contribution in [2.45, 2.75) is 72.0 Å². The highest BCUT2D eigenvalue weighted by Crippen LogP contribution is 2.68. The van der Waals surface area contributed by atoms with Crippen LogP contribution in [0.5, 0.6) is 0 Å². The lowest BCUT2D eigenvalue weighted by atomic mass is 9.44. The Bertz CT molecular complexity index is 1340. The Morgan fingerprint density at radius 2 is 1.90 bits per heavy atom. The number of ether oxygens (including phenoxy) is 1. The summed E-state index contributed by atoms with van der Waals surface area (Å²) >= 11 is 5.47. The quantitative estimate of drug-likeness (QED) is 0.233. The number of nitrogens with one attached hydrogen (secondary N) is 2. The Labute approximate surface area is 242 Å². The molecule has 3 fully saturated rings. The van der Waals surface area contributed by atoms with E-state index in [-0.39, 0.29) is 35.5 Å². The molecule has 3 saturated carbocycles. The molecule has 0 aromatic heterocycles. The molecule has 0 heterocycles. The van der Waals surface area contributed by atoms with E-state index in [1.54, 1.807) is 0 Å². The first-order valence-electron chi connectivity index (χ1n) is 14.5. The van der Waals surface area contributed by atoms with Crippen LogP contribution in [0.4, 0.5) is 5.69 Å². The molecule has 0 saturated heterocycles. The molecule has 0 unspecified atom stereocenters. The number of thiocarbonyl (C=S) groups is 1. The molecule has 0 aliphatic heterocycles. The second-order valence-corrected chi connectivity index (χ2v) is 13.3. The molecule has 0 radical (unpaired) electrons. The molecule has 214 valence electrons. The van der Waals surface area contributed by atoms with Gasteiger partial charge in [0.1, 0.15) is 18.4 Å². The third kappa shape index (κ3) is 4.65. The summed E-state index contributed by atoms with van der Waals surface area (Å²) in [5.74, 6) is -0.308. The third-order valence-corrected chi connectivity index (χ3v) is 11.2. The topological polar surface area (TPSA) is 87.7 Å². The Kier molecular flexibility index (Phi) is 7.60. The van der Waals surface area contributed by atoms with E-state index in [9.17, 15) is 14.7 Å². The number of hydrogen-bond donors (Lipinski definition) is 3. The van der Waals surface area contributed by atoms with Crippen LogP contribution in [0.25, 0.3) is 10.8 Å². The Morgan fingerprint density at radius 1 is 1.18 bits per heavy atom. The smallest absolute Gasteiger partial charge is 0.325 e. The molecule has 7 heteroatoms. The molecule has 8 atom stereocenters. The van der Waals surface area contributed by atoms with Crippen LogP contribution in [-0.2, 0) is 14.3 Å². The van der Waals surface area contributed by atoms with Gasteiger partial charge in [-0.25, -0.2) is 0 Å². The van der Waals surface area contributed by atoms with Crippen LogP contribution in [0.2, 0.25) is 0 Å². The number of anilines is 1. The summed E-state index contributed by atoms with van der Waals surface area (Å²) in [4.78, 5) is 26.9. The zero-order valence-corrected chi connectivity index (χ0v) is 24.9. The van der Waals surface area contributed by atoms with Gasteiger partial charge in [-0.1, -0.05) is 64.1 Å². The monoisotopic (exact) mass is 562 g/mol. The maximum absolute atomic E-state index is 13.5. The number of fused-ring (bicyclic) bond motifs is 1. The van der Waals surface area contributed by atoms with E-state index in [1.165, 1.54) is 0 Å². The fraction of sp³-hybridized carbons (Fsp3) is 0.545. The SMILES string of the molecule is C=C[C@]1(C)C[C@@H](OC(=O)CNC(=S)Nc2ccc3ccccc3c2)[C@]2(C)[C@H](C)CC[C@]3(CCC(=O)[C@H]32)[C@@H](C)[C@@H]1O. The molecule has 2 aromatic rings. The third-order valence-electron chi connectivity index (χ3n) is 11.0. The van der Waals surface area contributed by atoms with Crippen molar-refractivity contribution in [2.75, 3.05) is 11.9 Å². The minimum atomic E-state index is -0.686. The van der Waals surface area contributed by atoms with Crippen molar-refractivity contribution < 1.29 is 19.4 Å². The van der Waals surface area contributed by atoms with Crippen molar-refractivity contribution in [2.24, 2.45) is 34.0 Å². The van der Waals surface area contributed by atoms with Crippen molar-refractivity contribution >= 4 is 45.5 Å². The van der Waals surface area contributed by atoms with Crippen molar-refractivity contribution in [1.82, 2.24) is 5.32 Å². The summed E-state index contributed by atoms with van der Waals surface area (Å²) in [6.07, 6.45) is 4.13. The van der Waals surface area contributed by atoms with Gasteiger partial charge >= 0.3 is 5.97 Å². The van der Waals surface area contributed by atoms with E-state index in [0.29, 0.717) is 18.0 Å². The number of ketones is 1. The maximum Gasteiger partial charge on any atom is 0.325 e. The Hall–Kier alpha value is -2.77. The van der Waals surface area contributed by atoms with Crippen molar-refractivity contribution in [3.05, 3.63) is 55.1 Å². The lowest BCUT2D eigenvalue weighted by molar-refractivity contribution is -0.206. The number of Topliss-reactive ketones (excluding diaryl/α,β-unsaturated/α-hetero) is 1. The molecule has 40 heavy (non-hydrogen) atoms. The van der Waals surface area contributed by atoms with E-state index in [0.717, 1.165) is 35.7 Å². The summed E-state index contributed by atoms with van der Waals surface area (Å²) in [5.41, 5.74) is -0.665. The van der Waals surface area contributed by atoms with Gasteiger partial charge in [-0.2, -0.15) is 0 Å². The summed E-state index contributed by atoms with van der Waals surface area (Å²) in [5, 5.41) is 20.4. The van der Waals surface area contributed by atoms with Crippen LogP contribution in [0, 0.1) is 34.0 Å². The van der Waals surface area contributed by atoms with Gasteiger partial charge in [-0.05, 0) is 78.1 Å². The minimum Gasteiger partial charge on any atom is -0.460 e. The van der Waals surface area contributed by atoms with Crippen LogP contribution >= 0.6 is 12.2 Å². The van der Waals surface area contributed by atoms with Gasteiger partial charge in [-0.15, -0.1) is 6.58 Å². The fourth-order valence-corrected chi connectivity index (χ4v) is 8.49. The van der Waals surface area contributed by atoms with Gasteiger partial charge < -0.3 is 20.5 Å². The first-order chi connectivity index (χ1) is 18.9. The average molecular weight is 563 g/mol. The first kappa shape index (κ1) is 28.7. The first-order valence-corrected chi connectivity index (χ1v) is 14.9. The molecule has 3 aliphatic rings. The fourth-order valence-electron chi connectivity index (χ4n) is 8.30. The molecule has 6 nitrogen and oxygen atoms in total. The van der Waals surface area contributed by atoms with E-state index < -0.39 is 29.0 Å². The number of carbonyl (C=O) groups excluding carboxylic acids is 2. The van der Waals surface area contributed by atoms with Crippen molar-refractivity contribution in [3.63, 3.8) is 0 Å². The minimum absolute atomic E-state index is 0.0596. The summed E-state index contributed by atoms with van der Waals surface area (Å²) in [6, 6.07) is 14.0. The van der Waals surface area contributed by atoms with E-state index in [4.69, 9.17) is 17.0 Å². The number of hydrogen-bond acceptors (Lipinski definition) is 5. The zero-order chi connectivity index (χ0) is 28.9. The lowest BCUT2D eigenvalue weighted by Crippen LogP contribution is -2.63. The number of esters is 1. The maximum atomic E-state index is 13.5. The van der Waals surface area contributed by atoms with Crippen LogP contribution in [0.15, 0.2) is 55.1 Å². The van der Waals surface area contributed by atoms with Gasteiger partial charge in [0.2, 0.25) is 0 Å². The second kappa shape index (κ2) is 10.6. The number of benzene rings is 2. The average Bonchev–Trinajstić information content (AvgIpc) is 3.30. The highest BCUT2D eigenvalue weighted by atomic mass is 32.1. The molecule has 0 spiro atoms. The summed E-state index contributed by atoms with van der Waals surface area (Å²) in [6.45, 7) is 12.4. The van der Waals surface area contributed by atoms with E-state index in [1.807, 2.05) is 49.4 Å². The number of aliphatic hydroxyl groups excluding tert-OH is 1. The number of carbonyl (C=O) groups is 2. The van der Waals surface area contributed by atoms with Crippen LogP contribution < -0.4 is 10.6 Å². The summed E-state index contributed by atoms with van der Waals surface area (Å²) in [7, 11) is 0. The molecule has 2 aromatic carbocycles. The zero-order valence-electron chi connectivity index (χ0n) is 24.0. The number of aliphatic hydroxyl groups is 1. The summed E-state index contributed by atoms with van der Waals surface area (Å²) < 4.78 is 6.28. The van der Waals surface area contributed by atoms with E-state index >= 15 is 0 Å². The highest BCUT2D eigenvalue weighted by molar-refractivity contribution is 7.80. The molecule has 5 rings (SSSR count). The van der Waals surface area contributed by atoms with Crippen LogP contribution in [0.3, 0.4) is 0 Å². The van der Waals surface area contributed by atoms with Gasteiger partial charge in [0.05, 0.1) is 6.10 Å². The normalized spacial score (nSPS) is 37.1. The van der Waals surface area contributed by atoms with Gasteiger partial charge in [0.15, 0.2) is 5.11 Å². The molecular weight excluding hydrogens is 520 g/mol. The molecular formula is C33H42N2O4S. The van der Waals surface area contributed by atoms with Crippen LogP contribution in [-0.4, -0.2) is 40.7 Å².